The summed E-state index contributed by atoms with van der Waals surface area (Å²) in [6.45, 7) is 3.97. The number of hydrogen-bond donors (Lipinski definition) is 1. The number of esters is 1. The summed E-state index contributed by atoms with van der Waals surface area (Å²) < 4.78 is 4.72. The molecule has 0 aromatic heterocycles. The summed E-state index contributed by atoms with van der Waals surface area (Å²) >= 11 is 1.24. The van der Waals surface area contributed by atoms with Crippen molar-refractivity contribution in [1.82, 2.24) is 0 Å². The van der Waals surface area contributed by atoms with Crippen LogP contribution in [-0.4, -0.2) is 24.9 Å². The lowest BCUT2D eigenvalue weighted by molar-refractivity contribution is -0.120. The van der Waals surface area contributed by atoms with Gasteiger partial charge in [-0.05, 0) is 62.4 Å². The number of nitrogens with zero attached hydrogens (tertiary/aromatic N) is 1. The third-order valence-electron chi connectivity index (χ3n) is 5.15. The summed E-state index contributed by atoms with van der Waals surface area (Å²) in [7, 11) is 1.30. The highest BCUT2D eigenvalue weighted by atomic mass is 32.2. The monoisotopic (exact) mass is 458 g/mol. The average Bonchev–Trinajstić information content (AvgIpc) is 3.05. The molecule has 1 heterocycles. The molecule has 3 aromatic carbocycles. The van der Waals surface area contributed by atoms with Crippen molar-refractivity contribution in [3.05, 3.63) is 100 Å². The Bertz CT molecular complexity index is 1180. The molecule has 0 saturated carbocycles. The van der Waals surface area contributed by atoms with E-state index in [0.29, 0.717) is 21.8 Å². The normalized spacial score (nSPS) is 13.5. The van der Waals surface area contributed by atoms with Gasteiger partial charge in [0.2, 0.25) is 0 Å². The standard InChI is InChI=1S/C26H22N2O4S/c1-16-4-10-19(11-5-16)27-22-23(33-21-14-6-17(2)7-15-21)25(30)28(24(22)29)20-12-8-18(9-13-20)26(31)32-3/h4-15,27H,1-3H3. The highest BCUT2D eigenvalue weighted by molar-refractivity contribution is 8.04. The van der Waals surface area contributed by atoms with E-state index in [4.69, 9.17) is 4.74 Å². The second kappa shape index (κ2) is 9.34. The Morgan fingerprint density at radius 1 is 0.818 bits per heavy atom. The molecule has 0 bridgehead atoms. The van der Waals surface area contributed by atoms with Gasteiger partial charge in [-0.2, -0.15) is 0 Å². The van der Waals surface area contributed by atoms with Crippen LogP contribution in [0.1, 0.15) is 21.5 Å². The third-order valence-corrected chi connectivity index (χ3v) is 6.24. The van der Waals surface area contributed by atoms with Crippen LogP contribution in [0.25, 0.3) is 0 Å². The van der Waals surface area contributed by atoms with Gasteiger partial charge in [0.1, 0.15) is 10.6 Å². The van der Waals surface area contributed by atoms with Crippen molar-refractivity contribution >= 4 is 40.9 Å². The molecule has 33 heavy (non-hydrogen) atoms. The number of thioether (sulfide) groups is 1. The molecule has 4 rings (SSSR count). The van der Waals surface area contributed by atoms with E-state index in [0.717, 1.165) is 20.9 Å². The van der Waals surface area contributed by atoms with Gasteiger partial charge in [-0.3, -0.25) is 9.59 Å². The molecule has 166 valence electrons. The smallest absolute Gasteiger partial charge is 0.337 e. The number of carbonyl (C=O) groups excluding carboxylic acids is 3. The molecule has 0 unspecified atom stereocenters. The summed E-state index contributed by atoms with van der Waals surface area (Å²) in [5.74, 6) is -1.37. The van der Waals surface area contributed by atoms with Crippen LogP contribution < -0.4 is 10.2 Å². The van der Waals surface area contributed by atoms with Gasteiger partial charge in [0.05, 0.1) is 18.4 Å². The van der Waals surface area contributed by atoms with E-state index in [-0.39, 0.29) is 5.70 Å². The molecule has 0 saturated heterocycles. The fourth-order valence-electron chi connectivity index (χ4n) is 3.32. The number of hydrogen-bond acceptors (Lipinski definition) is 6. The molecule has 0 aliphatic carbocycles. The maximum Gasteiger partial charge on any atom is 0.337 e. The molecule has 1 N–H and O–H groups in total. The minimum atomic E-state index is -0.490. The molecule has 6 nitrogen and oxygen atoms in total. The summed E-state index contributed by atoms with van der Waals surface area (Å²) in [5.41, 5.74) is 3.83. The topological polar surface area (TPSA) is 75.7 Å². The number of methoxy groups -OCH3 is 1. The largest absolute Gasteiger partial charge is 0.465 e. The van der Waals surface area contributed by atoms with Crippen LogP contribution in [0.15, 0.2) is 88.3 Å². The Labute approximate surface area is 196 Å². The van der Waals surface area contributed by atoms with Crippen molar-refractivity contribution in [3.8, 4) is 0 Å². The van der Waals surface area contributed by atoms with Crippen LogP contribution in [0.4, 0.5) is 11.4 Å². The fraction of sp³-hybridized carbons (Fsp3) is 0.115. The molecule has 1 aliphatic rings. The molecule has 0 radical (unpaired) electrons. The zero-order valence-corrected chi connectivity index (χ0v) is 19.2. The van der Waals surface area contributed by atoms with Crippen molar-refractivity contribution in [2.45, 2.75) is 18.7 Å². The fourth-order valence-corrected chi connectivity index (χ4v) is 4.25. The highest BCUT2D eigenvalue weighted by Crippen LogP contribution is 2.38. The quantitative estimate of drug-likeness (QED) is 0.410. The van der Waals surface area contributed by atoms with Crippen LogP contribution in [0.2, 0.25) is 0 Å². The molecular weight excluding hydrogens is 436 g/mol. The Kier molecular flexibility index (Phi) is 6.33. The van der Waals surface area contributed by atoms with Gasteiger partial charge in [-0.15, -0.1) is 0 Å². The maximum absolute atomic E-state index is 13.4. The summed E-state index contributed by atoms with van der Waals surface area (Å²) in [6.07, 6.45) is 0. The maximum atomic E-state index is 13.4. The van der Waals surface area contributed by atoms with Crippen molar-refractivity contribution < 1.29 is 19.1 Å². The van der Waals surface area contributed by atoms with Crippen molar-refractivity contribution in [3.63, 3.8) is 0 Å². The van der Waals surface area contributed by atoms with Gasteiger partial charge >= 0.3 is 5.97 Å². The minimum absolute atomic E-state index is 0.214. The van der Waals surface area contributed by atoms with Crippen LogP contribution in [0.5, 0.6) is 0 Å². The Morgan fingerprint density at radius 2 is 1.39 bits per heavy atom. The van der Waals surface area contributed by atoms with E-state index in [1.54, 1.807) is 12.1 Å². The van der Waals surface area contributed by atoms with Crippen molar-refractivity contribution in [2.24, 2.45) is 0 Å². The minimum Gasteiger partial charge on any atom is -0.465 e. The molecular formula is C26H22N2O4S. The van der Waals surface area contributed by atoms with Gasteiger partial charge < -0.3 is 10.1 Å². The number of nitrogens with one attached hydrogen (secondary N) is 1. The van der Waals surface area contributed by atoms with Crippen molar-refractivity contribution in [2.75, 3.05) is 17.3 Å². The lowest BCUT2D eigenvalue weighted by Gasteiger charge is -2.15. The lowest BCUT2D eigenvalue weighted by Crippen LogP contribution is -2.32. The summed E-state index contributed by atoms with van der Waals surface area (Å²) in [6, 6.07) is 21.5. The zero-order valence-electron chi connectivity index (χ0n) is 18.4. The second-order valence-electron chi connectivity index (χ2n) is 7.59. The number of carbonyl (C=O) groups is 3. The first-order valence-electron chi connectivity index (χ1n) is 10.3. The highest BCUT2D eigenvalue weighted by Gasteiger charge is 2.40. The Morgan fingerprint density at radius 3 is 1.97 bits per heavy atom. The van der Waals surface area contributed by atoms with Gasteiger partial charge in [-0.1, -0.05) is 47.2 Å². The predicted octanol–water partition coefficient (Wildman–Crippen LogP) is 5.08. The molecule has 2 amide bonds. The molecule has 1 aliphatic heterocycles. The third kappa shape index (κ3) is 4.68. The van der Waals surface area contributed by atoms with Gasteiger partial charge in [0.15, 0.2) is 0 Å². The lowest BCUT2D eigenvalue weighted by atomic mass is 10.2. The summed E-state index contributed by atoms with van der Waals surface area (Å²) in [5, 5.41) is 3.14. The van der Waals surface area contributed by atoms with E-state index < -0.39 is 17.8 Å². The zero-order chi connectivity index (χ0) is 23.5. The number of ether oxygens (including phenoxy) is 1. The molecule has 0 fully saturated rings. The molecule has 7 heteroatoms. The first-order valence-corrected chi connectivity index (χ1v) is 11.1. The number of anilines is 2. The van der Waals surface area contributed by atoms with Crippen LogP contribution in [0, 0.1) is 13.8 Å². The van der Waals surface area contributed by atoms with Gasteiger partial charge in [0, 0.05) is 10.6 Å². The van der Waals surface area contributed by atoms with E-state index in [2.05, 4.69) is 5.32 Å². The molecule has 0 spiro atoms. The SMILES string of the molecule is COC(=O)c1ccc(N2C(=O)C(Nc3ccc(C)cc3)=C(Sc3ccc(C)cc3)C2=O)cc1. The van der Waals surface area contributed by atoms with Crippen LogP contribution in [0.3, 0.4) is 0 Å². The van der Waals surface area contributed by atoms with E-state index in [1.807, 2.05) is 62.4 Å². The van der Waals surface area contributed by atoms with E-state index in [1.165, 1.54) is 31.0 Å². The summed E-state index contributed by atoms with van der Waals surface area (Å²) in [4.78, 5) is 40.8. The molecule has 0 atom stereocenters. The molecule has 3 aromatic rings. The van der Waals surface area contributed by atoms with Crippen LogP contribution >= 0.6 is 11.8 Å². The Hall–Kier alpha value is -3.84. The second-order valence-corrected chi connectivity index (χ2v) is 8.68. The van der Waals surface area contributed by atoms with Gasteiger partial charge in [-0.25, -0.2) is 9.69 Å². The first-order chi connectivity index (χ1) is 15.9. The van der Waals surface area contributed by atoms with Crippen molar-refractivity contribution in [1.29, 1.82) is 0 Å². The number of imide groups is 1. The Balaban J connectivity index is 1.70. The van der Waals surface area contributed by atoms with Gasteiger partial charge in [0.25, 0.3) is 11.8 Å². The van der Waals surface area contributed by atoms with E-state index in [9.17, 15) is 14.4 Å². The number of benzene rings is 3. The average molecular weight is 459 g/mol. The van der Waals surface area contributed by atoms with Crippen LogP contribution in [-0.2, 0) is 14.3 Å². The number of rotatable bonds is 6. The first kappa shape index (κ1) is 22.4. The number of aryl methyl sites for hydroxylation is 2. The number of amides is 2. The van der Waals surface area contributed by atoms with E-state index >= 15 is 0 Å². The predicted molar refractivity (Wildman–Crippen MR) is 129 cm³/mol.